The lowest BCUT2D eigenvalue weighted by atomic mass is 10.2. The molecule has 0 aliphatic heterocycles. The van der Waals surface area contributed by atoms with Gasteiger partial charge in [-0.05, 0) is 36.2 Å². The number of benzene rings is 2. The molecule has 0 radical (unpaired) electrons. The molecular weight excluding hydrogens is 436 g/mol. The molecule has 9 heteroatoms. The van der Waals surface area contributed by atoms with Crippen LogP contribution in [-0.2, 0) is 29.3 Å². The summed E-state index contributed by atoms with van der Waals surface area (Å²) in [5.41, 5.74) is 3.16. The second-order valence-corrected chi connectivity index (χ2v) is 8.21. The van der Waals surface area contributed by atoms with E-state index in [0.29, 0.717) is 22.4 Å². The molecule has 0 aliphatic rings. The Morgan fingerprint density at radius 2 is 1.87 bits per heavy atom. The largest absolute Gasteiger partial charge is 0.390 e. The lowest BCUT2D eigenvalue weighted by Crippen LogP contribution is -2.28. The summed E-state index contributed by atoms with van der Waals surface area (Å²) in [5.74, 6) is -0.275. The van der Waals surface area contributed by atoms with Gasteiger partial charge in [0.1, 0.15) is 6.54 Å². The quantitative estimate of drug-likeness (QED) is 0.427. The van der Waals surface area contributed by atoms with Crippen LogP contribution in [0.5, 0.6) is 0 Å². The maximum atomic E-state index is 12.4. The first kappa shape index (κ1) is 22.9. The number of hydrogen-bond donors (Lipinski definition) is 3. The molecule has 31 heavy (non-hydrogen) atoms. The minimum atomic E-state index is -0.257. The van der Waals surface area contributed by atoms with E-state index in [4.69, 9.17) is 11.6 Å². The molecule has 0 fully saturated rings. The number of anilines is 1. The number of carbonyl (C=O) groups excluding carboxylic acids is 2. The van der Waals surface area contributed by atoms with Gasteiger partial charge in [0.2, 0.25) is 11.8 Å². The van der Waals surface area contributed by atoms with E-state index in [2.05, 4.69) is 15.6 Å². The van der Waals surface area contributed by atoms with Gasteiger partial charge in [0.25, 0.3) is 0 Å². The van der Waals surface area contributed by atoms with Gasteiger partial charge in [-0.25, -0.2) is 4.98 Å². The molecule has 0 aliphatic carbocycles. The Balaban J connectivity index is 1.57. The number of rotatable bonds is 9. The Bertz CT molecular complexity index is 1050. The molecule has 3 aromatic rings. The van der Waals surface area contributed by atoms with Crippen molar-refractivity contribution in [3.8, 4) is 0 Å². The molecule has 7 nitrogen and oxygen atoms in total. The van der Waals surface area contributed by atoms with Crippen molar-refractivity contribution in [2.45, 2.75) is 31.8 Å². The van der Waals surface area contributed by atoms with Gasteiger partial charge in [0.05, 0.1) is 24.3 Å². The van der Waals surface area contributed by atoms with Gasteiger partial charge in [-0.15, -0.1) is 0 Å². The number of nitrogens with zero attached hydrogens (tertiary/aromatic N) is 2. The van der Waals surface area contributed by atoms with Crippen molar-refractivity contribution >= 4 is 40.9 Å². The molecule has 2 aromatic carbocycles. The number of imidazole rings is 1. The smallest absolute Gasteiger partial charge is 0.240 e. The van der Waals surface area contributed by atoms with Crippen molar-refractivity contribution < 1.29 is 14.7 Å². The van der Waals surface area contributed by atoms with Crippen LogP contribution in [0.2, 0.25) is 5.02 Å². The topological polar surface area (TPSA) is 96.2 Å². The van der Waals surface area contributed by atoms with Crippen LogP contribution in [0.4, 0.5) is 5.69 Å². The molecule has 0 atom stereocenters. The maximum Gasteiger partial charge on any atom is 0.240 e. The number of carbonyl (C=O) groups is 2. The number of halogens is 1. The summed E-state index contributed by atoms with van der Waals surface area (Å²) in [6.07, 6.45) is 1.51. The maximum absolute atomic E-state index is 12.4. The van der Waals surface area contributed by atoms with Crippen molar-refractivity contribution in [3.63, 3.8) is 0 Å². The third kappa shape index (κ3) is 6.58. The van der Waals surface area contributed by atoms with Gasteiger partial charge in [0, 0.05) is 17.3 Å². The van der Waals surface area contributed by atoms with Gasteiger partial charge >= 0.3 is 0 Å². The normalized spacial score (nSPS) is 10.7. The van der Waals surface area contributed by atoms with Crippen molar-refractivity contribution in [3.05, 3.63) is 76.6 Å². The molecule has 0 spiro atoms. The summed E-state index contributed by atoms with van der Waals surface area (Å²) in [6, 6.07) is 14.7. The molecule has 0 saturated heterocycles. The molecule has 0 bridgehead atoms. The number of para-hydroxylation sites is 1. The minimum absolute atomic E-state index is 0.00870. The zero-order valence-corrected chi connectivity index (χ0v) is 18.5. The second kappa shape index (κ2) is 11.0. The molecule has 3 N–H and O–H groups in total. The van der Waals surface area contributed by atoms with Crippen LogP contribution in [0, 0.1) is 6.92 Å². The van der Waals surface area contributed by atoms with Gasteiger partial charge in [-0.2, -0.15) is 0 Å². The van der Waals surface area contributed by atoms with E-state index in [9.17, 15) is 14.7 Å². The number of aromatic nitrogens is 2. The zero-order valence-electron chi connectivity index (χ0n) is 17.0. The van der Waals surface area contributed by atoms with Crippen LogP contribution in [-0.4, -0.2) is 32.2 Å². The highest BCUT2D eigenvalue weighted by molar-refractivity contribution is 7.99. The summed E-state index contributed by atoms with van der Waals surface area (Å²) in [5, 5.41) is 16.4. The average Bonchev–Trinajstić information content (AvgIpc) is 3.15. The third-order valence-electron chi connectivity index (χ3n) is 4.52. The Morgan fingerprint density at radius 3 is 2.58 bits per heavy atom. The van der Waals surface area contributed by atoms with Gasteiger partial charge in [-0.1, -0.05) is 53.7 Å². The average molecular weight is 459 g/mol. The first-order valence-corrected chi connectivity index (χ1v) is 11.0. The van der Waals surface area contributed by atoms with Crippen molar-refractivity contribution in [1.29, 1.82) is 0 Å². The number of aryl methyl sites for hydroxylation is 1. The van der Waals surface area contributed by atoms with Crippen molar-refractivity contribution in [2.75, 3.05) is 11.1 Å². The van der Waals surface area contributed by atoms with Crippen LogP contribution in [0.25, 0.3) is 0 Å². The predicted molar refractivity (Wildman–Crippen MR) is 122 cm³/mol. The van der Waals surface area contributed by atoms with Crippen LogP contribution in [0.3, 0.4) is 0 Å². The van der Waals surface area contributed by atoms with E-state index in [1.165, 1.54) is 18.0 Å². The number of nitrogens with one attached hydrogen (secondary N) is 2. The van der Waals surface area contributed by atoms with E-state index in [1.807, 2.05) is 43.3 Å². The minimum Gasteiger partial charge on any atom is -0.390 e. The van der Waals surface area contributed by atoms with E-state index in [-0.39, 0.29) is 30.7 Å². The summed E-state index contributed by atoms with van der Waals surface area (Å²) >= 11 is 7.08. The predicted octanol–water partition coefficient (Wildman–Crippen LogP) is 3.38. The number of aliphatic hydroxyl groups excluding tert-OH is 1. The van der Waals surface area contributed by atoms with Gasteiger partial charge in [0.15, 0.2) is 5.16 Å². The molecular formula is C22H23ClN4O3S. The fourth-order valence-corrected chi connectivity index (χ4v) is 3.76. The molecule has 162 valence electrons. The number of amides is 2. The molecule has 3 rings (SSSR count). The molecule has 1 aromatic heterocycles. The monoisotopic (exact) mass is 458 g/mol. The number of aliphatic hydroxyl groups is 1. The zero-order chi connectivity index (χ0) is 22.2. The van der Waals surface area contributed by atoms with Crippen molar-refractivity contribution in [2.24, 2.45) is 0 Å². The van der Waals surface area contributed by atoms with Crippen LogP contribution in [0.1, 0.15) is 16.8 Å². The van der Waals surface area contributed by atoms with E-state index in [0.717, 1.165) is 16.8 Å². The van der Waals surface area contributed by atoms with Gasteiger partial charge < -0.3 is 20.3 Å². The lowest BCUT2D eigenvalue weighted by Gasteiger charge is -2.12. The number of hydrogen-bond acceptors (Lipinski definition) is 5. The van der Waals surface area contributed by atoms with Gasteiger partial charge in [-0.3, -0.25) is 9.59 Å². The summed E-state index contributed by atoms with van der Waals surface area (Å²) < 4.78 is 1.61. The highest BCUT2D eigenvalue weighted by atomic mass is 35.5. The van der Waals surface area contributed by atoms with Crippen LogP contribution >= 0.6 is 23.4 Å². The summed E-state index contributed by atoms with van der Waals surface area (Å²) in [4.78, 5) is 29.0. The first-order chi connectivity index (χ1) is 15.0. The molecule has 2 amide bonds. The molecule has 0 unspecified atom stereocenters. The SMILES string of the molecule is Cc1ccccc1NC(=O)CSc1ncc(CO)n1CC(=O)NCc1ccc(Cl)cc1. The molecule has 1 heterocycles. The van der Waals surface area contributed by atoms with Crippen molar-refractivity contribution in [1.82, 2.24) is 14.9 Å². The van der Waals surface area contributed by atoms with Crippen LogP contribution in [0.15, 0.2) is 59.9 Å². The van der Waals surface area contributed by atoms with E-state index >= 15 is 0 Å². The second-order valence-electron chi connectivity index (χ2n) is 6.83. The Hall–Kier alpha value is -2.81. The Morgan fingerprint density at radius 1 is 1.13 bits per heavy atom. The fourth-order valence-electron chi connectivity index (χ4n) is 2.83. The lowest BCUT2D eigenvalue weighted by molar-refractivity contribution is -0.122. The Kier molecular flexibility index (Phi) is 8.11. The van der Waals surface area contributed by atoms with E-state index in [1.54, 1.807) is 16.7 Å². The highest BCUT2D eigenvalue weighted by Gasteiger charge is 2.15. The third-order valence-corrected chi connectivity index (χ3v) is 5.76. The summed E-state index contributed by atoms with van der Waals surface area (Å²) in [6.45, 7) is 2.02. The fraction of sp³-hybridized carbons (Fsp3) is 0.227. The first-order valence-electron chi connectivity index (χ1n) is 9.61. The number of thioether (sulfide) groups is 1. The highest BCUT2D eigenvalue weighted by Crippen LogP contribution is 2.20. The Labute approximate surface area is 189 Å². The van der Waals surface area contributed by atoms with Crippen LogP contribution < -0.4 is 10.6 Å². The van der Waals surface area contributed by atoms with E-state index < -0.39 is 0 Å². The standard InChI is InChI=1S/C22H23ClN4O3S/c1-15-4-2-3-5-19(15)26-21(30)14-31-22-25-11-18(13-28)27(22)12-20(29)24-10-16-6-8-17(23)9-7-16/h2-9,11,28H,10,12-14H2,1H3,(H,24,29)(H,26,30). The summed E-state index contributed by atoms with van der Waals surface area (Å²) in [7, 11) is 0. The molecule has 0 saturated carbocycles.